The number of nitrogens with zero attached hydrogens (tertiary/aromatic N) is 3. The van der Waals surface area contributed by atoms with E-state index in [9.17, 15) is 4.79 Å². The molecule has 0 spiro atoms. The van der Waals surface area contributed by atoms with Crippen LogP contribution in [0.15, 0.2) is 89.2 Å². The van der Waals surface area contributed by atoms with Crippen LogP contribution < -0.4 is 5.32 Å². The molecule has 32 heavy (non-hydrogen) atoms. The molecule has 2 heterocycles. The SMILES string of the molecule is C=CCn1c(SC(C(=O)Nc2cc(C)ccc2C)c2ccccc2)nnc1-c1ccco1. The van der Waals surface area contributed by atoms with Gasteiger partial charge in [-0.05, 0) is 48.7 Å². The Morgan fingerprint density at radius 2 is 1.97 bits per heavy atom. The molecule has 2 aromatic heterocycles. The lowest BCUT2D eigenvalue weighted by molar-refractivity contribution is -0.115. The molecule has 2 aromatic carbocycles. The van der Waals surface area contributed by atoms with Crippen molar-refractivity contribution in [1.29, 1.82) is 0 Å². The first-order chi connectivity index (χ1) is 15.6. The maximum absolute atomic E-state index is 13.5. The molecule has 1 N–H and O–H groups in total. The first-order valence-electron chi connectivity index (χ1n) is 10.2. The van der Waals surface area contributed by atoms with E-state index in [2.05, 4.69) is 22.1 Å². The monoisotopic (exact) mass is 444 g/mol. The molecule has 0 aliphatic rings. The third-order valence-corrected chi connectivity index (χ3v) is 6.22. The van der Waals surface area contributed by atoms with Gasteiger partial charge in [0.1, 0.15) is 5.25 Å². The van der Waals surface area contributed by atoms with Crippen molar-refractivity contribution in [1.82, 2.24) is 14.8 Å². The average Bonchev–Trinajstić information content (AvgIpc) is 3.45. The number of allylic oxidation sites excluding steroid dienone is 1. The Labute approximate surface area is 191 Å². The molecule has 0 fully saturated rings. The van der Waals surface area contributed by atoms with Gasteiger partial charge in [0.05, 0.1) is 6.26 Å². The van der Waals surface area contributed by atoms with Gasteiger partial charge in [0.2, 0.25) is 11.7 Å². The fourth-order valence-corrected chi connectivity index (χ4v) is 4.38. The van der Waals surface area contributed by atoms with E-state index in [1.165, 1.54) is 11.8 Å². The van der Waals surface area contributed by atoms with Crippen LogP contribution in [-0.2, 0) is 11.3 Å². The molecule has 0 aliphatic carbocycles. The molecule has 0 bridgehead atoms. The zero-order valence-electron chi connectivity index (χ0n) is 18.0. The molecule has 0 saturated heterocycles. The standard InChI is InChI=1S/C25H24N4O2S/c1-4-14-29-23(21-11-8-15-31-21)27-28-25(29)32-22(19-9-6-5-7-10-19)24(30)26-20-16-17(2)12-13-18(20)3/h4-13,15-16,22H,1,14H2,2-3H3,(H,26,30). The van der Waals surface area contributed by atoms with Crippen molar-refractivity contribution in [3.05, 3.63) is 96.3 Å². The number of hydrogen-bond acceptors (Lipinski definition) is 5. The van der Waals surface area contributed by atoms with Crippen LogP contribution in [0.3, 0.4) is 0 Å². The van der Waals surface area contributed by atoms with Crippen molar-refractivity contribution in [2.24, 2.45) is 0 Å². The number of thioether (sulfide) groups is 1. The number of benzene rings is 2. The van der Waals surface area contributed by atoms with E-state index in [1.807, 2.05) is 73.0 Å². The van der Waals surface area contributed by atoms with Gasteiger partial charge < -0.3 is 9.73 Å². The predicted octanol–water partition coefficient (Wildman–Crippen LogP) is 5.81. The van der Waals surface area contributed by atoms with Crippen molar-refractivity contribution in [2.75, 3.05) is 5.32 Å². The fourth-order valence-electron chi connectivity index (χ4n) is 3.33. The summed E-state index contributed by atoms with van der Waals surface area (Å²) in [5.74, 6) is 1.09. The molecule has 1 unspecified atom stereocenters. The van der Waals surface area contributed by atoms with E-state index in [1.54, 1.807) is 18.4 Å². The van der Waals surface area contributed by atoms with Gasteiger partial charge in [-0.1, -0.05) is 60.3 Å². The van der Waals surface area contributed by atoms with Gasteiger partial charge in [-0.3, -0.25) is 9.36 Å². The summed E-state index contributed by atoms with van der Waals surface area (Å²) in [6.07, 6.45) is 3.37. The molecule has 4 aromatic rings. The van der Waals surface area contributed by atoms with Crippen molar-refractivity contribution >= 4 is 23.4 Å². The van der Waals surface area contributed by atoms with Crippen LogP contribution in [0, 0.1) is 13.8 Å². The summed E-state index contributed by atoms with van der Waals surface area (Å²) in [5, 5.41) is 11.9. The molecule has 7 heteroatoms. The lowest BCUT2D eigenvalue weighted by Crippen LogP contribution is -2.20. The molecule has 0 saturated carbocycles. The topological polar surface area (TPSA) is 73.0 Å². The van der Waals surface area contributed by atoms with Gasteiger partial charge in [0, 0.05) is 12.2 Å². The molecule has 0 radical (unpaired) electrons. The van der Waals surface area contributed by atoms with Crippen molar-refractivity contribution in [3.8, 4) is 11.6 Å². The zero-order chi connectivity index (χ0) is 22.5. The van der Waals surface area contributed by atoms with Crippen LogP contribution >= 0.6 is 11.8 Å². The molecule has 6 nitrogen and oxygen atoms in total. The highest BCUT2D eigenvalue weighted by molar-refractivity contribution is 8.00. The van der Waals surface area contributed by atoms with Gasteiger partial charge in [0.25, 0.3) is 0 Å². The first-order valence-corrected chi connectivity index (χ1v) is 11.1. The summed E-state index contributed by atoms with van der Waals surface area (Å²) in [6, 6.07) is 19.3. The number of furan rings is 1. The highest BCUT2D eigenvalue weighted by atomic mass is 32.2. The Morgan fingerprint density at radius 3 is 2.69 bits per heavy atom. The Balaban J connectivity index is 1.69. The number of amides is 1. The van der Waals surface area contributed by atoms with E-state index in [0.717, 1.165) is 22.4 Å². The van der Waals surface area contributed by atoms with Gasteiger partial charge in [0.15, 0.2) is 10.9 Å². The molecule has 1 atom stereocenters. The summed E-state index contributed by atoms with van der Waals surface area (Å²) in [7, 11) is 0. The van der Waals surface area contributed by atoms with Crippen LogP contribution in [-0.4, -0.2) is 20.7 Å². The summed E-state index contributed by atoms with van der Waals surface area (Å²) >= 11 is 1.35. The van der Waals surface area contributed by atoms with E-state index >= 15 is 0 Å². The van der Waals surface area contributed by atoms with Gasteiger partial charge in [-0.25, -0.2) is 0 Å². The molecule has 162 valence electrons. The second kappa shape index (κ2) is 9.70. The number of nitrogens with one attached hydrogen (secondary N) is 1. The van der Waals surface area contributed by atoms with Gasteiger partial charge in [-0.2, -0.15) is 0 Å². The van der Waals surface area contributed by atoms with E-state index in [-0.39, 0.29) is 5.91 Å². The highest BCUT2D eigenvalue weighted by Gasteiger charge is 2.26. The number of hydrogen-bond donors (Lipinski definition) is 1. The molecule has 4 rings (SSSR count). The minimum Gasteiger partial charge on any atom is -0.461 e. The van der Waals surface area contributed by atoms with E-state index in [4.69, 9.17) is 4.42 Å². The fraction of sp³-hybridized carbons (Fsp3) is 0.160. The van der Waals surface area contributed by atoms with Crippen LogP contribution in [0.25, 0.3) is 11.6 Å². The Morgan fingerprint density at radius 1 is 1.16 bits per heavy atom. The van der Waals surface area contributed by atoms with E-state index < -0.39 is 5.25 Å². The van der Waals surface area contributed by atoms with E-state index in [0.29, 0.717) is 23.3 Å². The Bertz CT molecular complexity index is 1220. The number of anilines is 1. The number of carbonyl (C=O) groups is 1. The van der Waals surface area contributed by atoms with Crippen LogP contribution in [0.4, 0.5) is 5.69 Å². The summed E-state index contributed by atoms with van der Waals surface area (Å²) in [6.45, 7) is 8.33. The lowest BCUT2D eigenvalue weighted by Gasteiger charge is -2.18. The van der Waals surface area contributed by atoms with Crippen LogP contribution in [0.1, 0.15) is 21.9 Å². The minimum atomic E-state index is -0.520. The Kier molecular flexibility index (Phi) is 6.56. The largest absolute Gasteiger partial charge is 0.461 e. The smallest absolute Gasteiger partial charge is 0.242 e. The predicted molar refractivity (Wildman–Crippen MR) is 128 cm³/mol. The summed E-state index contributed by atoms with van der Waals surface area (Å²) in [4.78, 5) is 13.5. The minimum absolute atomic E-state index is 0.123. The van der Waals surface area contributed by atoms with Crippen LogP contribution in [0.5, 0.6) is 0 Å². The van der Waals surface area contributed by atoms with Crippen LogP contribution in [0.2, 0.25) is 0 Å². The third kappa shape index (κ3) is 4.68. The van der Waals surface area contributed by atoms with Crippen molar-refractivity contribution in [2.45, 2.75) is 30.8 Å². The molecular weight excluding hydrogens is 420 g/mol. The normalized spacial score (nSPS) is 11.8. The molecule has 1 amide bonds. The number of aryl methyl sites for hydroxylation is 2. The van der Waals surface area contributed by atoms with Crippen molar-refractivity contribution in [3.63, 3.8) is 0 Å². The maximum atomic E-state index is 13.5. The second-order valence-corrected chi connectivity index (χ2v) is 8.47. The second-order valence-electron chi connectivity index (χ2n) is 7.40. The Hall–Kier alpha value is -3.58. The van der Waals surface area contributed by atoms with Gasteiger partial charge in [-0.15, -0.1) is 16.8 Å². The number of carbonyl (C=O) groups excluding carboxylic acids is 1. The van der Waals surface area contributed by atoms with Crippen molar-refractivity contribution < 1.29 is 9.21 Å². The maximum Gasteiger partial charge on any atom is 0.242 e. The first kappa shape index (κ1) is 21.6. The average molecular weight is 445 g/mol. The quantitative estimate of drug-likeness (QED) is 0.274. The highest BCUT2D eigenvalue weighted by Crippen LogP contribution is 2.37. The molecule has 0 aliphatic heterocycles. The lowest BCUT2D eigenvalue weighted by atomic mass is 10.1. The molecular formula is C25H24N4O2S. The summed E-state index contributed by atoms with van der Waals surface area (Å²) in [5.41, 5.74) is 3.78. The zero-order valence-corrected chi connectivity index (χ0v) is 18.8. The third-order valence-electron chi connectivity index (χ3n) is 4.98. The number of aromatic nitrogens is 3. The van der Waals surface area contributed by atoms with Gasteiger partial charge >= 0.3 is 0 Å². The number of rotatable bonds is 8. The summed E-state index contributed by atoms with van der Waals surface area (Å²) < 4.78 is 7.41.